The first-order valence-electron chi connectivity index (χ1n) is 8.35. The molecule has 0 N–H and O–H groups in total. The number of methoxy groups -OCH3 is 1. The van der Waals surface area contributed by atoms with Crippen molar-refractivity contribution < 1.29 is 23.9 Å². The molecule has 0 bridgehead atoms. The van der Waals surface area contributed by atoms with Crippen LogP contribution in [0.2, 0.25) is 0 Å². The standard InChI is InChI=1S/C20H17NO5/c1-11-16-14-5-3-4-6-15(14)26-20(24)17(16)19(23)21(18(11)22)12-7-9-13(25-2)10-8-12/h3-11,16-17H,1-2H3/t11-,16-,17+/m0/s1. The average Bonchev–Trinajstić information content (AvgIpc) is 2.66. The first-order chi connectivity index (χ1) is 12.5. The minimum atomic E-state index is -1.03. The molecule has 0 aromatic heterocycles. The van der Waals surface area contributed by atoms with E-state index in [1.54, 1.807) is 49.4 Å². The molecule has 0 radical (unpaired) electrons. The Kier molecular flexibility index (Phi) is 3.76. The molecule has 2 heterocycles. The zero-order valence-electron chi connectivity index (χ0n) is 14.3. The van der Waals surface area contributed by atoms with Gasteiger partial charge < -0.3 is 9.47 Å². The maximum atomic E-state index is 13.1. The van der Waals surface area contributed by atoms with Crippen molar-refractivity contribution in [3.05, 3.63) is 54.1 Å². The van der Waals surface area contributed by atoms with Gasteiger partial charge in [-0.05, 0) is 30.3 Å². The van der Waals surface area contributed by atoms with Gasteiger partial charge in [0.25, 0.3) is 0 Å². The summed E-state index contributed by atoms with van der Waals surface area (Å²) in [6, 6.07) is 13.6. The second kappa shape index (κ2) is 5.98. The molecule has 6 nitrogen and oxygen atoms in total. The highest BCUT2D eigenvalue weighted by Gasteiger charge is 2.54. The van der Waals surface area contributed by atoms with E-state index in [2.05, 4.69) is 0 Å². The Hall–Kier alpha value is -3.15. The number of fused-ring (bicyclic) bond motifs is 3. The van der Waals surface area contributed by atoms with Gasteiger partial charge in [0, 0.05) is 17.4 Å². The third kappa shape index (κ3) is 2.29. The van der Waals surface area contributed by atoms with E-state index in [0.717, 1.165) is 10.5 Å². The molecule has 26 heavy (non-hydrogen) atoms. The number of anilines is 1. The number of imide groups is 1. The summed E-state index contributed by atoms with van der Waals surface area (Å²) in [5.41, 5.74) is 1.14. The van der Waals surface area contributed by atoms with Crippen molar-refractivity contribution in [3.63, 3.8) is 0 Å². The van der Waals surface area contributed by atoms with E-state index in [9.17, 15) is 14.4 Å². The molecule has 2 aromatic rings. The summed E-state index contributed by atoms with van der Waals surface area (Å²) in [4.78, 5) is 39.7. The lowest BCUT2D eigenvalue weighted by Gasteiger charge is -2.41. The molecular formula is C20H17NO5. The van der Waals surface area contributed by atoms with Gasteiger partial charge in [-0.3, -0.25) is 14.4 Å². The number of amides is 2. The SMILES string of the molecule is COc1ccc(N2C(=O)[C@@H]3C(=O)Oc4ccccc4[C@@H]3[C@H](C)C2=O)cc1. The largest absolute Gasteiger partial charge is 0.497 e. The summed E-state index contributed by atoms with van der Waals surface area (Å²) in [6.45, 7) is 1.75. The molecule has 0 aliphatic carbocycles. The topological polar surface area (TPSA) is 72.9 Å². The molecule has 1 fully saturated rings. The smallest absolute Gasteiger partial charge is 0.324 e. The van der Waals surface area contributed by atoms with E-state index in [1.807, 2.05) is 6.07 Å². The van der Waals surface area contributed by atoms with Crippen molar-refractivity contribution in [1.29, 1.82) is 0 Å². The summed E-state index contributed by atoms with van der Waals surface area (Å²) >= 11 is 0. The van der Waals surface area contributed by atoms with Gasteiger partial charge >= 0.3 is 5.97 Å². The van der Waals surface area contributed by atoms with Gasteiger partial charge in [-0.2, -0.15) is 0 Å². The number of ether oxygens (including phenoxy) is 2. The van der Waals surface area contributed by atoms with Crippen LogP contribution in [0, 0.1) is 11.8 Å². The number of carbonyl (C=O) groups is 3. The van der Waals surface area contributed by atoms with Crippen molar-refractivity contribution in [2.24, 2.45) is 11.8 Å². The van der Waals surface area contributed by atoms with Gasteiger partial charge in [-0.1, -0.05) is 25.1 Å². The maximum Gasteiger partial charge on any atom is 0.324 e. The summed E-state index contributed by atoms with van der Waals surface area (Å²) in [5.74, 6) is -2.53. The van der Waals surface area contributed by atoms with E-state index in [4.69, 9.17) is 9.47 Å². The Bertz CT molecular complexity index is 905. The normalized spacial score (nSPS) is 24.6. The Morgan fingerprint density at radius 1 is 0.962 bits per heavy atom. The summed E-state index contributed by atoms with van der Waals surface area (Å²) < 4.78 is 10.5. The third-order valence-corrected chi connectivity index (χ3v) is 5.07. The molecular weight excluding hydrogens is 334 g/mol. The Labute approximate surface area is 150 Å². The van der Waals surface area contributed by atoms with E-state index in [0.29, 0.717) is 17.2 Å². The molecule has 4 rings (SSSR count). The van der Waals surface area contributed by atoms with Gasteiger partial charge in [-0.15, -0.1) is 0 Å². The van der Waals surface area contributed by atoms with Crippen molar-refractivity contribution in [2.75, 3.05) is 12.0 Å². The molecule has 0 saturated carbocycles. The van der Waals surface area contributed by atoms with Crippen LogP contribution in [0.1, 0.15) is 18.4 Å². The summed E-state index contributed by atoms with van der Waals surface area (Å²) in [6.07, 6.45) is 0. The van der Waals surface area contributed by atoms with Crippen molar-refractivity contribution in [2.45, 2.75) is 12.8 Å². The van der Waals surface area contributed by atoms with Crippen LogP contribution in [-0.2, 0) is 14.4 Å². The first kappa shape index (κ1) is 16.3. The van der Waals surface area contributed by atoms with Crippen molar-refractivity contribution in [3.8, 4) is 11.5 Å². The highest BCUT2D eigenvalue weighted by atomic mass is 16.5. The monoisotopic (exact) mass is 351 g/mol. The Morgan fingerprint density at radius 2 is 1.65 bits per heavy atom. The molecule has 0 unspecified atom stereocenters. The van der Waals surface area contributed by atoms with Crippen LogP contribution in [0.25, 0.3) is 0 Å². The van der Waals surface area contributed by atoms with Gasteiger partial charge in [0.1, 0.15) is 17.4 Å². The lowest BCUT2D eigenvalue weighted by atomic mass is 9.72. The maximum absolute atomic E-state index is 13.1. The summed E-state index contributed by atoms with van der Waals surface area (Å²) in [7, 11) is 1.54. The number of hydrogen-bond donors (Lipinski definition) is 0. The van der Waals surface area contributed by atoms with E-state index < -0.39 is 29.6 Å². The molecule has 2 aliphatic heterocycles. The molecule has 2 amide bonds. The number of rotatable bonds is 2. The number of carbonyl (C=O) groups excluding carboxylic acids is 3. The van der Waals surface area contributed by atoms with E-state index in [-0.39, 0.29) is 5.91 Å². The van der Waals surface area contributed by atoms with Crippen LogP contribution in [0.4, 0.5) is 5.69 Å². The van der Waals surface area contributed by atoms with Crippen LogP contribution in [-0.4, -0.2) is 24.9 Å². The molecule has 2 aromatic carbocycles. The number of nitrogens with zero attached hydrogens (tertiary/aromatic N) is 1. The highest BCUT2D eigenvalue weighted by Crippen LogP contribution is 2.46. The van der Waals surface area contributed by atoms with Gasteiger partial charge in [0.2, 0.25) is 11.8 Å². The van der Waals surface area contributed by atoms with E-state index in [1.165, 1.54) is 7.11 Å². The van der Waals surface area contributed by atoms with Crippen LogP contribution < -0.4 is 14.4 Å². The Morgan fingerprint density at radius 3 is 2.35 bits per heavy atom. The lowest BCUT2D eigenvalue weighted by Crippen LogP contribution is -2.57. The minimum absolute atomic E-state index is 0.328. The fourth-order valence-electron chi connectivity index (χ4n) is 3.75. The highest BCUT2D eigenvalue weighted by molar-refractivity contribution is 6.23. The van der Waals surface area contributed by atoms with Crippen LogP contribution in [0.3, 0.4) is 0 Å². The number of piperidine rings is 1. The predicted molar refractivity (Wildman–Crippen MR) is 93.0 cm³/mol. The lowest BCUT2D eigenvalue weighted by molar-refractivity contribution is -0.151. The second-order valence-electron chi connectivity index (χ2n) is 6.46. The fourth-order valence-corrected chi connectivity index (χ4v) is 3.75. The zero-order chi connectivity index (χ0) is 18.4. The molecule has 6 heteroatoms. The summed E-state index contributed by atoms with van der Waals surface area (Å²) in [5, 5.41) is 0. The van der Waals surface area contributed by atoms with Gasteiger partial charge in [0.15, 0.2) is 0 Å². The van der Waals surface area contributed by atoms with Gasteiger partial charge in [-0.25, -0.2) is 4.90 Å². The first-order valence-corrected chi connectivity index (χ1v) is 8.35. The fraction of sp³-hybridized carbons (Fsp3) is 0.250. The predicted octanol–water partition coefficient (Wildman–Crippen LogP) is 2.52. The minimum Gasteiger partial charge on any atom is -0.497 e. The zero-order valence-corrected chi connectivity index (χ0v) is 14.3. The van der Waals surface area contributed by atoms with Crippen LogP contribution >= 0.6 is 0 Å². The van der Waals surface area contributed by atoms with Crippen LogP contribution in [0.15, 0.2) is 48.5 Å². The van der Waals surface area contributed by atoms with Gasteiger partial charge in [0.05, 0.1) is 12.8 Å². The van der Waals surface area contributed by atoms with Crippen molar-refractivity contribution >= 4 is 23.5 Å². The number of para-hydroxylation sites is 1. The van der Waals surface area contributed by atoms with Crippen molar-refractivity contribution in [1.82, 2.24) is 0 Å². The number of benzene rings is 2. The average molecular weight is 351 g/mol. The molecule has 0 spiro atoms. The van der Waals surface area contributed by atoms with Crippen LogP contribution in [0.5, 0.6) is 11.5 Å². The molecule has 3 atom stereocenters. The van der Waals surface area contributed by atoms with E-state index >= 15 is 0 Å². The second-order valence-corrected chi connectivity index (χ2v) is 6.46. The number of hydrogen-bond acceptors (Lipinski definition) is 5. The molecule has 132 valence electrons. The third-order valence-electron chi connectivity index (χ3n) is 5.07. The quantitative estimate of drug-likeness (QED) is 0.360. The Balaban J connectivity index is 1.78. The molecule has 1 saturated heterocycles. The number of esters is 1. The molecule has 2 aliphatic rings.